The minimum Gasteiger partial charge on any atom is -0.337 e. The summed E-state index contributed by atoms with van der Waals surface area (Å²) in [7, 11) is 1.70. The third-order valence-corrected chi connectivity index (χ3v) is 6.00. The van der Waals surface area contributed by atoms with E-state index in [0.29, 0.717) is 22.6 Å². The Morgan fingerprint density at radius 3 is 3.00 bits per heavy atom. The van der Waals surface area contributed by atoms with Crippen LogP contribution >= 0.6 is 11.3 Å². The van der Waals surface area contributed by atoms with Crippen molar-refractivity contribution in [3.8, 4) is 0 Å². The molecule has 1 aliphatic carbocycles. The number of rotatable bonds is 6. The molecule has 0 aliphatic heterocycles. The third kappa shape index (κ3) is 3.73. The van der Waals surface area contributed by atoms with Crippen molar-refractivity contribution in [3.05, 3.63) is 45.8 Å². The van der Waals surface area contributed by atoms with Crippen molar-refractivity contribution in [3.63, 3.8) is 0 Å². The van der Waals surface area contributed by atoms with Crippen molar-refractivity contribution in [2.24, 2.45) is 5.41 Å². The summed E-state index contributed by atoms with van der Waals surface area (Å²) in [4.78, 5) is 37.5. The quantitative estimate of drug-likeness (QED) is 0.678. The fraction of sp³-hybridized carbons (Fsp3) is 0.444. The highest BCUT2D eigenvalue weighted by atomic mass is 32.1. The van der Waals surface area contributed by atoms with Crippen LogP contribution in [0.5, 0.6) is 0 Å². The molecular formula is C18H22N6O2S. The van der Waals surface area contributed by atoms with Gasteiger partial charge in [0, 0.05) is 37.9 Å². The Hall–Kier alpha value is -2.68. The van der Waals surface area contributed by atoms with Crippen molar-refractivity contribution < 1.29 is 4.79 Å². The van der Waals surface area contributed by atoms with Crippen molar-refractivity contribution in [2.75, 3.05) is 13.6 Å². The lowest BCUT2D eigenvalue weighted by Gasteiger charge is -2.21. The summed E-state index contributed by atoms with van der Waals surface area (Å²) in [5.41, 5.74) is 0.621. The normalized spacial score (nSPS) is 15.0. The van der Waals surface area contributed by atoms with Gasteiger partial charge < -0.3 is 19.8 Å². The minimum absolute atomic E-state index is 0.115. The van der Waals surface area contributed by atoms with Gasteiger partial charge in [-0.25, -0.2) is 14.8 Å². The molecule has 2 amide bonds. The first-order valence-electron chi connectivity index (χ1n) is 8.89. The standard InChI is InChI=1S/C18H22N6O2S/c1-12-19-6-7-24(12)11-18(4-5-18)10-20-17(26)23(2)9-14-21-13-3-8-27-15(13)16(25)22-14/h3,6-8H,4-5,9-11H2,1-2H3,(H,20,26)(H,21,22,25). The Balaban J connectivity index is 1.35. The van der Waals surface area contributed by atoms with E-state index in [9.17, 15) is 9.59 Å². The number of fused-ring (bicyclic) bond motifs is 1. The maximum absolute atomic E-state index is 12.5. The van der Waals surface area contributed by atoms with Gasteiger partial charge in [-0.05, 0) is 31.2 Å². The maximum atomic E-state index is 12.5. The Labute approximate surface area is 160 Å². The summed E-state index contributed by atoms with van der Waals surface area (Å²) >= 11 is 1.36. The van der Waals surface area contributed by atoms with Gasteiger partial charge in [0.15, 0.2) is 0 Å². The Morgan fingerprint density at radius 2 is 2.30 bits per heavy atom. The van der Waals surface area contributed by atoms with E-state index in [1.807, 2.05) is 24.6 Å². The fourth-order valence-electron chi connectivity index (χ4n) is 3.19. The summed E-state index contributed by atoms with van der Waals surface area (Å²) in [6.07, 6.45) is 5.97. The number of carbonyl (C=O) groups excluding carboxylic acids is 1. The van der Waals surface area contributed by atoms with Crippen molar-refractivity contribution in [2.45, 2.75) is 32.9 Å². The van der Waals surface area contributed by atoms with E-state index in [1.165, 1.54) is 16.2 Å². The zero-order valence-corrected chi connectivity index (χ0v) is 16.2. The van der Waals surface area contributed by atoms with Crippen LogP contribution in [0.25, 0.3) is 10.2 Å². The molecule has 8 nitrogen and oxygen atoms in total. The van der Waals surface area contributed by atoms with Crippen LogP contribution in [0.1, 0.15) is 24.5 Å². The van der Waals surface area contributed by atoms with E-state index in [1.54, 1.807) is 13.2 Å². The van der Waals surface area contributed by atoms with E-state index >= 15 is 0 Å². The number of nitrogens with one attached hydrogen (secondary N) is 2. The number of aromatic amines is 1. The minimum atomic E-state index is -0.170. The van der Waals surface area contributed by atoms with Gasteiger partial charge in [-0.3, -0.25) is 4.79 Å². The predicted octanol–water partition coefficient (Wildman–Crippen LogP) is 2.11. The molecule has 0 spiro atoms. The second-order valence-electron chi connectivity index (χ2n) is 7.26. The highest BCUT2D eigenvalue weighted by Crippen LogP contribution is 2.46. The fourth-order valence-corrected chi connectivity index (χ4v) is 3.92. The highest BCUT2D eigenvalue weighted by molar-refractivity contribution is 7.17. The Kier molecular flexibility index (Phi) is 4.47. The molecule has 1 fully saturated rings. The zero-order chi connectivity index (χ0) is 19.0. The first-order valence-corrected chi connectivity index (χ1v) is 9.77. The molecule has 4 rings (SSSR count). The van der Waals surface area contributed by atoms with Gasteiger partial charge in [-0.2, -0.15) is 0 Å². The number of imidazole rings is 1. The van der Waals surface area contributed by atoms with Gasteiger partial charge in [0.05, 0.1) is 12.1 Å². The molecule has 3 aromatic rings. The van der Waals surface area contributed by atoms with Gasteiger partial charge in [0.25, 0.3) is 5.56 Å². The van der Waals surface area contributed by atoms with Gasteiger partial charge in [0.1, 0.15) is 16.3 Å². The van der Waals surface area contributed by atoms with E-state index < -0.39 is 0 Å². The lowest BCUT2D eigenvalue weighted by molar-refractivity contribution is 0.202. The van der Waals surface area contributed by atoms with E-state index in [2.05, 4.69) is 24.8 Å². The Morgan fingerprint density at radius 1 is 1.48 bits per heavy atom. The van der Waals surface area contributed by atoms with Gasteiger partial charge in [-0.15, -0.1) is 11.3 Å². The van der Waals surface area contributed by atoms with E-state index in [-0.39, 0.29) is 23.6 Å². The first-order chi connectivity index (χ1) is 13.0. The average Bonchev–Trinajstić information content (AvgIpc) is 3.02. The topological polar surface area (TPSA) is 95.9 Å². The van der Waals surface area contributed by atoms with E-state index in [4.69, 9.17) is 0 Å². The summed E-state index contributed by atoms with van der Waals surface area (Å²) in [5.74, 6) is 1.47. The maximum Gasteiger partial charge on any atom is 0.317 e. The number of carbonyl (C=O) groups is 1. The number of urea groups is 1. The van der Waals surface area contributed by atoms with Crippen LogP contribution in [0.2, 0.25) is 0 Å². The molecule has 0 atom stereocenters. The molecule has 0 unspecified atom stereocenters. The number of thiophene rings is 1. The number of amides is 2. The van der Waals surface area contributed by atoms with Crippen molar-refractivity contribution in [1.82, 2.24) is 29.7 Å². The van der Waals surface area contributed by atoms with Crippen LogP contribution in [0.4, 0.5) is 4.79 Å². The number of hydrogen-bond acceptors (Lipinski definition) is 5. The molecule has 3 aromatic heterocycles. The van der Waals surface area contributed by atoms with Crippen LogP contribution in [0.15, 0.2) is 28.6 Å². The summed E-state index contributed by atoms with van der Waals surface area (Å²) in [5, 5.41) is 4.86. The van der Waals surface area contributed by atoms with Gasteiger partial charge >= 0.3 is 6.03 Å². The molecule has 0 saturated heterocycles. The monoisotopic (exact) mass is 386 g/mol. The van der Waals surface area contributed by atoms with Crippen molar-refractivity contribution in [1.29, 1.82) is 0 Å². The molecule has 0 bridgehead atoms. The summed E-state index contributed by atoms with van der Waals surface area (Å²) < 4.78 is 2.74. The molecule has 0 radical (unpaired) electrons. The van der Waals surface area contributed by atoms with Gasteiger partial charge in [0.2, 0.25) is 0 Å². The summed E-state index contributed by atoms with van der Waals surface area (Å²) in [6.45, 7) is 3.73. The number of nitrogens with zero attached hydrogens (tertiary/aromatic N) is 4. The molecule has 1 aliphatic rings. The van der Waals surface area contributed by atoms with Crippen LogP contribution in [-0.4, -0.2) is 44.0 Å². The third-order valence-electron chi connectivity index (χ3n) is 5.10. The molecule has 1 saturated carbocycles. The largest absolute Gasteiger partial charge is 0.337 e. The van der Waals surface area contributed by atoms with E-state index in [0.717, 1.165) is 25.2 Å². The molecular weight excluding hydrogens is 364 g/mol. The molecule has 9 heteroatoms. The van der Waals surface area contributed by atoms with Gasteiger partial charge in [-0.1, -0.05) is 0 Å². The second kappa shape index (κ2) is 6.80. The number of hydrogen-bond donors (Lipinski definition) is 2. The lowest BCUT2D eigenvalue weighted by Crippen LogP contribution is -2.41. The number of aryl methyl sites for hydroxylation is 1. The van der Waals surface area contributed by atoms with Crippen LogP contribution in [0.3, 0.4) is 0 Å². The Bertz CT molecular complexity index is 1030. The second-order valence-corrected chi connectivity index (χ2v) is 8.18. The van der Waals surface area contributed by atoms with Crippen LogP contribution < -0.4 is 10.9 Å². The summed E-state index contributed by atoms with van der Waals surface area (Å²) in [6, 6.07) is 1.64. The highest BCUT2D eigenvalue weighted by Gasteiger charge is 2.43. The smallest absolute Gasteiger partial charge is 0.317 e. The zero-order valence-electron chi connectivity index (χ0n) is 15.4. The average molecular weight is 386 g/mol. The molecule has 142 valence electrons. The number of H-pyrrole nitrogens is 1. The molecule has 0 aromatic carbocycles. The molecule has 2 N–H and O–H groups in total. The van der Waals surface area contributed by atoms with Crippen LogP contribution in [0, 0.1) is 12.3 Å². The molecule has 27 heavy (non-hydrogen) atoms. The SMILES string of the molecule is Cc1nccn1CC1(CNC(=O)N(C)Cc2nc3ccsc3c(=O)[nH]2)CC1. The molecule has 3 heterocycles. The first kappa shape index (κ1) is 17.7. The number of aromatic nitrogens is 4. The predicted molar refractivity (Wildman–Crippen MR) is 104 cm³/mol. The van der Waals surface area contributed by atoms with Crippen molar-refractivity contribution >= 4 is 27.6 Å². The van der Waals surface area contributed by atoms with Crippen LogP contribution in [-0.2, 0) is 13.1 Å². The lowest BCUT2D eigenvalue weighted by atomic mass is 10.1.